The molecule has 0 unspecified atom stereocenters. The molecule has 0 radical (unpaired) electrons. The first-order chi connectivity index (χ1) is 12.8. The number of halogens is 1. The molecule has 142 valence electrons. The second kappa shape index (κ2) is 9.05. The molecule has 0 spiro atoms. The molecule has 0 aromatic heterocycles. The van der Waals surface area contributed by atoms with Crippen molar-refractivity contribution in [3.05, 3.63) is 59.9 Å². The zero-order valence-electron chi connectivity index (χ0n) is 15.5. The number of likely N-dealkylation sites (N-methyl/N-ethyl adjacent to an activating group) is 1. The molecule has 0 saturated carbocycles. The predicted octanol–water partition coefficient (Wildman–Crippen LogP) is 2.93. The number of Topliss-reactive ketones (excluding diaryl/α,β-unsaturated/α-hetero) is 1. The van der Waals surface area contributed by atoms with Crippen molar-refractivity contribution >= 4 is 29.0 Å². The van der Waals surface area contributed by atoms with Gasteiger partial charge in [0.25, 0.3) is 0 Å². The van der Waals surface area contributed by atoms with E-state index < -0.39 is 11.9 Å². The summed E-state index contributed by atoms with van der Waals surface area (Å²) in [4.78, 5) is 37.3. The third-order valence-corrected chi connectivity index (χ3v) is 4.10. The molecular weight excluding hydrogens is 349 g/mol. The summed E-state index contributed by atoms with van der Waals surface area (Å²) >= 11 is 0. The van der Waals surface area contributed by atoms with Crippen LogP contribution in [0, 0.1) is 5.82 Å². The molecule has 0 saturated heterocycles. The maximum Gasteiger partial charge on any atom is 0.241 e. The van der Waals surface area contributed by atoms with Gasteiger partial charge in [0.05, 0.1) is 12.6 Å². The molecule has 0 fully saturated rings. The van der Waals surface area contributed by atoms with Gasteiger partial charge in [0.2, 0.25) is 11.8 Å². The molecule has 0 bridgehead atoms. The quantitative estimate of drug-likeness (QED) is 0.734. The minimum absolute atomic E-state index is 0.0334. The van der Waals surface area contributed by atoms with Gasteiger partial charge in [-0.15, -0.1) is 0 Å². The smallest absolute Gasteiger partial charge is 0.241 e. The summed E-state index contributed by atoms with van der Waals surface area (Å²) < 4.78 is 13.2. The number of carbonyl (C=O) groups excluding carboxylic acids is 3. The Kier molecular flexibility index (Phi) is 6.79. The average molecular weight is 371 g/mol. The van der Waals surface area contributed by atoms with Gasteiger partial charge in [-0.3, -0.25) is 19.3 Å². The second-order valence-electron chi connectivity index (χ2n) is 6.27. The van der Waals surface area contributed by atoms with Gasteiger partial charge < -0.3 is 10.6 Å². The lowest BCUT2D eigenvalue weighted by molar-refractivity contribution is -0.122. The summed E-state index contributed by atoms with van der Waals surface area (Å²) in [5, 5.41) is 5.34. The first kappa shape index (κ1) is 20.3. The predicted molar refractivity (Wildman–Crippen MR) is 102 cm³/mol. The highest BCUT2D eigenvalue weighted by Gasteiger charge is 2.20. The number of ketones is 1. The van der Waals surface area contributed by atoms with E-state index in [4.69, 9.17) is 0 Å². The van der Waals surface area contributed by atoms with Gasteiger partial charge in [-0.2, -0.15) is 0 Å². The molecule has 27 heavy (non-hydrogen) atoms. The SMILES string of the molecule is CC(=O)c1ccc(NC(=O)[C@@H](C)N(C)CC(=O)Nc2cccc(F)c2)cc1. The molecule has 2 aromatic rings. The maximum atomic E-state index is 13.2. The molecular formula is C20H22FN3O3. The molecule has 0 aliphatic carbocycles. The van der Waals surface area contributed by atoms with Crippen molar-refractivity contribution < 1.29 is 18.8 Å². The zero-order chi connectivity index (χ0) is 20.0. The number of nitrogens with one attached hydrogen (secondary N) is 2. The van der Waals surface area contributed by atoms with E-state index in [0.717, 1.165) is 0 Å². The number of anilines is 2. The van der Waals surface area contributed by atoms with Crippen LogP contribution >= 0.6 is 0 Å². The van der Waals surface area contributed by atoms with Gasteiger partial charge in [0.15, 0.2) is 5.78 Å². The zero-order valence-corrected chi connectivity index (χ0v) is 15.5. The van der Waals surface area contributed by atoms with Crippen LogP contribution in [0.4, 0.5) is 15.8 Å². The second-order valence-corrected chi connectivity index (χ2v) is 6.27. The monoisotopic (exact) mass is 371 g/mol. The lowest BCUT2D eigenvalue weighted by atomic mass is 10.1. The van der Waals surface area contributed by atoms with Crippen molar-refractivity contribution in [3.8, 4) is 0 Å². The van der Waals surface area contributed by atoms with Crippen LogP contribution in [0.15, 0.2) is 48.5 Å². The third kappa shape index (κ3) is 6.00. The molecule has 1 atom stereocenters. The lowest BCUT2D eigenvalue weighted by Crippen LogP contribution is -2.43. The van der Waals surface area contributed by atoms with E-state index in [2.05, 4.69) is 10.6 Å². The van der Waals surface area contributed by atoms with Crippen LogP contribution in [0.1, 0.15) is 24.2 Å². The molecule has 0 heterocycles. The van der Waals surface area contributed by atoms with Crippen molar-refractivity contribution in [2.24, 2.45) is 0 Å². The lowest BCUT2D eigenvalue weighted by Gasteiger charge is -2.23. The Morgan fingerprint density at radius 2 is 1.70 bits per heavy atom. The van der Waals surface area contributed by atoms with E-state index in [0.29, 0.717) is 16.9 Å². The first-order valence-corrected chi connectivity index (χ1v) is 8.44. The number of carbonyl (C=O) groups is 3. The number of rotatable bonds is 7. The van der Waals surface area contributed by atoms with Gasteiger partial charge in [0.1, 0.15) is 5.82 Å². The van der Waals surface area contributed by atoms with Gasteiger partial charge in [-0.25, -0.2) is 4.39 Å². The van der Waals surface area contributed by atoms with Crippen molar-refractivity contribution in [2.75, 3.05) is 24.2 Å². The molecule has 6 nitrogen and oxygen atoms in total. The number of hydrogen-bond donors (Lipinski definition) is 2. The Morgan fingerprint density at radius 3 is 2.30 bits per heavy atom. The summed E-state index contributed by atoms with van der Waals surface area (Å²) in [5.41, 5.74) is 1.48. The summed E-state index contributed by atoms with van der Waals surface area (Å²) in [6, 6.07) is 11.6. The fourth-order valence-corrected chi connectivity index (χ4v) is 2.37. The number of nitrogens with zero attached hydrogens (tertiary/aromatic N) is 1. The normalized spacial score (nSPS) is 11.7. The minimum Gasteiger partial charge on any atom is -0.325 e. The average Bonchev–Trinajstić information content (AvgIpc) is 2.61. The molecule has 2 N–H and O–H groups in total. The van der Waals surface area contributed by atoms with E-state index in [-0.39, 0.29) is 24.1 Å². The molecule has 7 heteroatoms. The Bertz CT molecular complexity index is 837. The first-order valence-electron chi connectivity index (χ1n) is 8.44. The highest BCUT2D eigenvalue weighted by Crippen LogP contribution is 2.12. The van der Waals surface area contributed by atoms with Gasteiger partial charge in [-0.05, 0) is 63.4 Å². The molecule has 0 aliphatic rings. The number of benzene rings is 2. The van der Waals surface area contributed by atoms with Crippen LogP contribution in [0.5, 0.6) is 0 Å². The van der Waals surface area contributed by atoms with Crippen LogP contribution in [0.25, 0.3) is 0 Å². The minimum atomic E-state index is -0.573. The van der Waals surface area contributed by atoms with E-state index in [1.807, 2.05) is 0 Å². The van der Waals surface area contributed by atoms with Crippen molar-refractivity contribution in [1.29, 1.82) is 0 Å². The number of hydrogen-bond acceptors (Lipinski definition) is 4. The summed E-state index contributed by atoms with van der Waals surface area (Å²) in [7, 11) is 1.65. The fraction of sp³-hybridized carbons (Fsp3) is 0.250. The fourth-order valence-electron chi connectivity index (χ4n) is 2.37. The topological polar surface area (TPSA) is 78.5 Å². The van der Waals surface area contributed by atoms with Crippen LogP contribution in [-0.2, 0) is 9.59 Å². The van der Waals surface area contributed by atoms with E-state index in [1.54, 1.807) is 49.2 Å². The van der Waals surface area contributed by atoms with Gasteiger partial charge in [-0.1, -0.05) is 6.07 Å². The standard InChI is InChI=1S/C20H22FN3O3/c1-13(20(27)23-17-9-7-15(8-10-17)14(2)25)24(3)12-19(26)22-18-6-4-5-16(21)11-18/h4-11,13H,12H2,1-3H3,(H,22,26)(H,23,27)/t13-/m1/s1. The Balaban J connectivity index is 1.89. The van der Waals surface area contributed by atoms with Gasteiger partial charge >= 0.3 is 0 Å². The van der Waals surface area contributed by atoms with Crippen molar-refractivity contribution in [2.45, 2.75) is 19.9 Å². The number of amides is 2. The largest absolute Gasteiger partial charge is 0.325 e. The van der Waals surface area contributed by atoms with E-state index >= 15 is 0 Å². The maximum absolute atomic E-state index is 13.2. The van der Waals surface area contributed by atoms with Crippen molar-refractivity contribution in [1.82, 2.24) is 4.90 Å². The molecule has 2 amide bonds. The highest BCUT2D eigenvalue weighted by molar-refractivity contribution is 5.97. The van der Waals surface area contributed by atoms with Crippen LogP contribution < -0.4 is 10.6 Å². The molecule has 2 aromatic carbocycles. The summed E-state index contributed by atoms with van der Waals surface area (Å²) in [6.45, 7) is 3.11. The molecule has 2 rings (SSSR count). The van der Waals surface area contributed by atoms with E-state index in [1.165, 1.54) is 25.1 Å². The van der Waals surface area contributed by atoms with E-state index in [9.17, 15) is 18.8 Å². The summed E-state index contributed by atoms with van der Waals surface area (Å²) in [5.74, 6) is -1.13. The Morgan fingerprint density at radius 1 is 1.04 bits per heavy atom. The third-order valence-electron chi connectivity index (χ3n) is 4.10. The Labute approximate surface area is 157 Å². The summed E-state index contributed by atoms with van der Waals surface area (Å²) in [6.07, 6.45) is 0. The van der Waals surface area contributed by atoms with Gasteiger partial charge in [0, 0.05) is 16.9 Å². The highest BCUT2D eigenvalue weighted by atomic mass is 19.1. The van der Waals surface area contributed by atoms with Crippen LogP contribution in [-0.4, -0.2) is 42.1 Å². The van der Waals surface area contributed by atoms with Crippen LogP contribution in [0.2, 0.25) is 0 Å². The van der Waals surface area contributed by atoms with Crippen molar-refractivity contribution in [3.63, 3.8) is 0 Å². The Hall–Kier alpha value is -3.06. The molecule has 0 aliphatic heterocycles. The van der Waals surface area contributed by atoms with Crippen LogP contribution in [0.3, 0.4) is 0 Å².